The summed E-state index contributed by atoms with van der Waals surface area (Å²) in [6.07, 6.45) is -1.54. The van der Waals surface area contributed by atoms with Gasteiger partial charge in [0.15, 0.2) is 6.10 Å². The first kappa shape index (κ1) is 24.1. The number of hydrogen-bond acceptors (Lipinski definition) is 6. The highest BCUT2D eigenvalue weighted by Gasteiger charge is 2.55. The molecule has 0 bridgehead atoms. The Balaban J connectivity index is 1.27. The third-order valence-electron chi connectivity index (χ3n) is 6.36. The van der Waals surface area contributed by atoms with Crippen LogP contribution in [-0.4, -0.2) is 57.1 Å². The van der Waals surface area contributed by atoms with Crippen LogP contribution in [0, 0.1) is 0 Å². The van der Waals surface area contributed by atoms with Gasteiger partial charge in [-0.15, -0.1) is 11.8 Å². The summed E-state index contributed by atoms with van der Waals surface area (Å²) in [7, 11) is 0. The number of carbonyl (C=O) groups excluding carboxylic acids is 3. The second-order valence-corrected chi connectivity index (χ2v) is 10.1. The first-order chi connectivity index (χ1) is 17.5. The number of thioether (sulfide) groups is 1. The number of β-lactam (4-membered cyclic amide) rings is 1. The molecular weight excluding hydrogens is 476 g/mol. The molecule has 3 aromatic carbocycles. The third kappa shape index (κ3) is 5.01. The highest BCUT2D eigenvalue weighted by molar-refractivity contribution is 8.01. The largest absolute Gasteiger partial charge is 0.452 e. The van der Waals surface area contributed by atoms with Crippen molar-refractivity contribution in [3.05, 3.63) is 108 Å². The molecule has 0 aliphatic carbocycles. The van der Waals surface area contributed by atoms with Gasteiger partial charge in [0.1, 0.15) is 16.7 Å². The van der Waals surface area contributed by atoms with Crippen LogP contribution in [0.1, 0.15) is 22.8 Å². The van der Waals surface area contributed by atoms with Crippen molar-refractivity contribution >= 4 is 29.5 Å². The van der Waals surface area contributed by atoms with E-state index in [0.29, 0.717) is 0 Å². The number of nitrogens with zero attached hydrogens (tertiary/aromatic N) is 1. The lowest BCUT2D eigenvalue weighted by Crippen LogP contribution is -2.73. The maximum absolute atomic E-state index is 13.3. The average molecular weight is 503 g/mol. The number of nitrogens with one attached hydrogen (secondary N) is 1. The van der Waals surface area contributed by atoms with Gasteiger partial charge in [0.2, 0.25) is 11.8 Å². The lowest BCUT2D eigenvalue weighted by molar-refractivity contribution is -0.156. The van der Waals surface area contributed by atoms with E-state index in [1.54, 1.807) is 0 Å². The summed E-state index contributed by atoms with van der Waals surface area (Å²) in [6, 6.07) is 27.4. The van der Waals surface area contributed by atoms with Crippen LogP contribution in [0.15, 0.2) is 91.0 Å². The molecule has 184 valence electrons. The van der Waals surface area contributed by atoms with Gasteiger partial charge < -0.3 is 20.1 Å². The predicted molar refractivity (Wildman–Crippen MR) is 136 cm³/mol. The van der Waals surface area contributed by atoms with Gasteiger partial charge in [0, 0.05) is 6.54 Å². The van der Waals surface area contributed by atoms with Crippen molar-refractivity contribution in [1.82, 2.24) is 10.2 Å². The number of esters is 1. The normalized spacial score (nSPS) is 22.9. The van der Waals surface area contributed by atoms with Gasteiger partial charge in [-0.1, -0.05) is 91.0 Å². The van der Waals surface area contributed by atoms with Crippen LogP contribution >= 0.6 is 11.8 Å². The molecule has 2 fully saturated rings. The van der Waals surface area contributed by atoms with Crippen LogP contribution in [0.4, 0.5) is 0 Å². The highest BCUT2D eigenvalue weighted by atomic mass is 32.2. The maximum atomic E-state index is 13.3. The molecule has 3 aromatic rings. The van der Waals surface area contributed by atoms with Crippen LogP contribution in [0.2, 0.25) is 0 Å². The number of benzene rings is 3. The van der Waals surface area contributed by atoms with E-state index in [1.165, 1.54) is 4.90 Å². The molecule has 3 unspecified atom stereocenters. The molecule has 2 aliphatic heterocycles. The summed E-state index contributed by atoms with van der Waals surface area (Å²) in [5.74, 6) is -1.08. The fourth-order valence-electron chi connectivity index (χ4n) is 4.53. The van der Waals surface area contributed by atoms with Crippen molar-refractivity contribution in [1.29, 1.82) is 0 Å². The minimum absolute atomic E-state index is 0.0165. The zero-order valence-corrected chi connectivity index (χ0v) is 20.2. The number of amides is 2. The third-order valence-corrected chi connectivity index (χ3v) is 7.96. The second kappa shape index (κ2) is 10.6. The van der Waals surface area contributed by atoms with Crippen LogP contribution < -0.4 is 5.32 Å². The van der Waals surface area contributed by atoms with Crippen molar-refractivity contribution in [2.45, 2.75) is 35.3 Å². The first-order valence-corrected chi connectivity index (χ1v) is 12.7. The molecule has 0 aromatic heterocycles. The van der Waals surface area contributed by atoms with Gasteiger partial charge in [-0.25, -0.2) is 0 Å². The van der Waals surface area contributed by atoms with Gasteiger partial charge in [-0.05, 0) is 16.7 Å². The number of hydrogen-bond donors (Lipinski definition) is 2. The van der Waals surface area contributed by atoms with Gasteiger partial charge in [0.05, 0.1) is 12.5 Å². The fraction of sp³-hybridized carbons (Fsp3) is 0.250. The molecule has 0 spiro atoms. The second-order valence-electron chi connectivity index (χ2n) is 8.85. The monoisotopic (exact) mass is 502 g/mol. The smallest absolute Gasteiger partial charge is 0.322 e. The number of carbonyl (C=O) groups is 3. The molecule has 0 radical (unpaired) electrons. The fourth-order valence-corrected chi connectivity index (χ4v) is 5.94. The summed E-state index contributed by atoms with van der Waals surface area (Å²) in [5.41, 5.74) is 2.48. The zero-order valence-electron chi connectivity index (χ0n) is 19.4. The SMILES string of the molecule is O=C(Cc1ccccc1)NC1C(=O)N2CC(O)C(C(=O)OC(c3ccccc3)c3ccccc3)S[C@@H]12. The van der Waals surface area contributed by atoms with E-state index in [4.69, 9.17) is 4.74 Å². The Labute approximate surface area is 213 Å². The lowest BCUT2D eigenvalue weighted by Gasteiger charge is -2.52. The molecule has 2 heterocycles. The topological polar surface area (TPSA) is 95.9 Å². The van der Waals surface area contributed by atoms with E-state index < -0.39 is 34.8 Å². The Morgan fingerprint density at radius 3 is 2.08 bits per heavy atom. The molecule has 36 heavy (non-hydrogen) atoms. The number of ether oxygens (including phenoxy) is 1. The van der Waals surface area contributed by atoms with Crippen LogP contribution in [0.5, 0.6) is 0 Å². The van der Waals surface area contributed by atoms with Gasteiger partial charge in [0.25, 0.3) is 0 Å². The van der Waals surface area contributed by atoms with Gasteiger partial charge >= 0.3 is 5.97 Å². The maximum Gasteiger partial charge on any atom is 0.322 e. The van der Waals surface area contributed by atoms with Crippen molar-refractivity contribution in [3.8, 4) is 0 Å². The van der Waals surface area contributed by atoms with Crippen molar-refractivity contribution < 1.29 is 24.2 Å². The number of aliphatic hydroxyl groups is 1. The number of aliphatic hydroxyl groups excluding tert-OH is 1. The Hall–Kier alpha value is -3.62. The quantitative estimate of drug-likeness (QED) is 0.381. The molecule has 5 rings (SSSR count). The molecule has 0 saturated carbocycles. The standard InChI is InChI=1S/C28H26N2O5S/c31-21-17-30-26(33)23(29-22(32)16-18-10-4-1-5-11-18)27(30)36-25(21)28(34)35-24(19-12-6-2-7-13-19)20-14-8-3-9-15-20/h1-15,21,23-25,27,31H,16-17H2,(H,29,32)/t21?,23?,25?,27-/m0/s1. The van der Waals surface area contributed by atoms with Gasteiger partial charge in [-0.2, -0.15) is 0 Å². The van der Waals surface area contributed by atoms with Crippen LogP contribution in [0.3, 0.4) is 0 Å². The predicted octanol–water partition coefficient (Wildman–Crippen LogP) is 2.69. The number of fused-ring (bicyclic) bond motifs is 1. The van der Waals surface area contributed by atoms with Crippen molar-refractivity contribution in [3.63, 3.8) is 0 Å². The van der Waals surface area contributed by atoms with Crippen LogP contribution in [0.25, 0.3) is 0 Å². The van der Waals surface area contributed by atoms with E-state index in [0.717, 1.165) is 28.5 Å². The first-order valence-electron chi connectivity index (χ1n) is 11.8. The van der Waals surface area contributed by atoms with Crippen molar-refractivity contribution in [2.24, 2.45) is 0 Å². The molecule has 2 N–H and O–H groups in total. The van der Waals surface area contributed by atoms with E-state index >= 15 is 0 Å². The minimum Gasteiger partial charge on any atom is -0.452 e. The Morgan fingerprint density at radius 2 is 1.50 bits per heavy atom. The zero-order chi connectivity index (χ0) is 25.1. The lowest BCUT2D eigenvalue weighted by atomic mass is 10.0. The molecule has 2 amide bonds. The van der Waals surface area contributed by atoms with Crippen molar-refractivity contribution in [2.75, 3.05) is 6.54 Å². The Bertz CT molecular complexity index is 1180. The van der Waals surface area contributed by atoms with Crippen LogP contribution in [-0.2, 0) is 25.5 Å². The van der Waals surface area contributed by atoms with Gasteiger partial charge in [-0.3, -0.25) is 14.4 Å². The molecule has 2 saturated heterocycles. The van der Waals surface area contributed by atoms with E-state index in [2.05, 4.69) is 5.32 Å². The number of rotatable bonds is 7. The molecule has 2 aliphatic rings. The van der Waals surface area contributed by atoms with E-state index in [9.17, 15) is 19.5 Å². The summed E-state index contributed by atoms with van der Waals surface area (Å²) in [6.45, 7) is 0.0165. The molecule has 7 nitrogen and oxygen atoms in total. The Morgan fingerprint density at radius 1 is 0.944 bits per heavy atom. The molecule has 8 heteroatoms. The molecular formula is C28H26N2O5S. The Kier molecular flexibility index (Phi) is 7.06. The summed E-state index contributed by atoms with van der Waals surface area (Å²) in [4.78, 5) is 40.0. The van der Waals surface area contributed by atoms with E-state index in [1.807, 2.05) is 91.0 Å². The molecule has 4 atom stereocenters. The summed E-state index contributed by atoms with van der Waals surface area (Å²) < 4.78 is 5.95. The summed E-state index contributed by atoms with van der Waals surface area (Å²) in [5, 5.41) is 12.2. The average Bonchev–Trinajstić information content (AvgIpc) is 2.91. The minimum atomic E-state index is -1.07. The van der Waals surface area contributed by atoms with E-state index in [-0.39, 0.29) is 24.8 Å². The highest BCUT2D eigenvalue weighted by Crippen LogP contribution is 2.40. The summed E-state index contributed by atoms with van der Waals surface area (Å²) >= 11 is 1.16.